The number of carbonyl (C=O) groups is 1. The van der Waals surface area contributed by atoms with Gasteiger partial charge in [0, 0.05) is 6.04 Å². The lowest BCUT2D eigenvalue weighted by Crippen LogP contribution is -2.51. The van der Waals surface area contributed by atoms with Crippen LogP contribution in [0.25, 0.3) is 0 Å². The first kappa shape index (κ1) is 12.7. The molecule has 3 heteroatoms. The fraction of sp³-hybridized carbons (Fsp3) is 0.562. The van der Waals surface area contributed by atoms with Gasteiger partial charge in [0.05, 0.1) is 0 Å². The van der Waals surface area contributed by atoms with Crippen LogP contribution in [0.2, 0.25) is 0 Å². The zero-order valence-electron chi connectivity index (χ0n) is 11.4. The molecule has 1 heterocycles. The third-order valence-corrected chi connectivity index (χ3v) is 5.00. The molecular formula is C16H21NO2. The van der Waals surface area contributed by atoms with Crippen molar-refractivity contribution in [3.8, 4) is 0 Å². The van der Waals surface area contributed by atoms with E-state index in [1.165, 1.54) is 11.1 Å². The number of hydrogen-bond donors (Lipinski definition) is 1. The van der Waals surface area contributed by atoms with Gasteiger partial charge in [-0.3, -0.25) is 9.69 Å². The summed E-state index contributed by atoms with van der Waals surface area (Å²) in [7, 11) is 0. The summed E-state index contributed by atoms with van der Waals surface area (Å²) in [4.78, 5) is 14.1. The second kappa shape index (κ2) is 4.64. The lowest BCUT2D eigenvalue weighted by molar-refractivity contribution is -0.151. The molecule has 0 bridgehead atoms. The van der Waals surface area contributed by atoms with Gasteiger partial charge in [0.15, 0.2) is 0 Å². The van der Waals surface area contributed by atoms with Crippen molar-refractivity contribution >= 4 is 5.97 Å². The molecule has 3 rings (SSSR count). The van der Waals surface area contributed by atoms with E-state index in [1.807, 2.05) is 6.92 Å². The van der Waals surface area contributed by atoms with Crippen LogP contribution >= 0.6 is 0 Å². The summed E-state index contributed by atoms with van der Waals surface area (Å²) in [6.45, 7) is 2.92. The van der Waals surface area contributed by atoms with E-state index in [0.717, 1.165) is 32.2 Å². The van der Waals surface area contributed by atoms with Crippen molar-refractivity contribution in [1.29, 1.82) is 0 Å². The Morgan fingerprint density at radius 1 is 1.47 bits per heavy atom. The average molecular weight is 259 g/mol. The standard InChI is InChI=1S/C16H21NO2/c1-2-16(15(18)19)10-5-11-17(16)14-9-8-12-6-3-4-7-13(12)14/h3-4,6-7,14H,2,5,8-11H2,1H3,(H,18,19). The van der Waals surface area contributed by atoms with Gasteiger partial charge in [0.1, 0.15) is 5.54 Å². The number of benzene rings is 1. The predicted molar refractivity (Wildman–Crippen MR) is 74.1 cm³/mol. The molecule has 2 unspecified atom stereocenters. The molecule has 0 amide bonds. The van der Waals surface area contributed by atoms with Crippen molar-refractivity contribution in [2.24, 2.45) is 0 Å². The largest absolute Gasteiger partial charge is 0.480 e. The molecule has 1 aromatic rings. The summed E-state index contributed by atoms with van der Waals surface area (Å²) >= 11 is 0. The van der Waals surface area contributed by atoms with Crippen molar-refractivity contribution in [2.45, 2.75) is 50.6 Å². The average Bonchev–Trinajstić information content (AvgIpc) is 3.02. The lowest BCUT2D eigenvalue weighted by atomic mass is 9.91. The fourth-order valence-corrected chi connectivity index (χ4v) is 3.97. The van der Waals surface area contributed by atoms with E-state index in [0.29, 0.717) is 12.5 Å². The maximum absolute atomic E-state index is 11.8. The predicted octanol–water partition coefficient (Wildman–Crippen LogP) is 3.00. The van der Waals surface area contributed by atoms with Gasteiger partial charge in [-0.2, -0.15) is 0 Å². The van der Waals surface area contributed by atoms with Crippen LogP contribution in [0.4, 0.5) is 0 Å². The van der Waals surface area contributed by atoms with Crippen LogP contribution in [0.1, 0.15) is 49.8 Å². The first-order valence-corrected chi connectivity index (χ1v) is 7.27. The number of rotatable bonds is 3. The normalized spacial score (nSPS) is 30.5. The summed E-state index contributed by atoms with van der Waals surface area (Å²) in [5.41, 5.74) is 2.11. The van der Waals surface area contributed by atoms with Crippen molar-refractivity contribution < 1.29 is 9.90 Å². The third kappa shape index (κ3) is 1.79. The van der Waals surface area contributed by atoms with Crippen LogP contribution in [0.5, 0.6) is 0 Å². The molecule has 1 fully saturated rings. The minimum atomic E-state index is -0.642. The SMILES string of the molecule is CCC1(C(=O)O)CCCN1C1CCc2ccccc21. The molecule has 0 radical (unpaired) electrons. The summed E-state index contributed by atoms with van der Waals surface area (Å²) in [5.74, 6) is -0.642. The van der Waals surface area contributed by atoms with Crippen molar-refractivity contribution in [1.82, 2.24) is 4.90 Å². The topological polar surface area (TPSA) is 40.5 Å². The first-order chi connectivity index (χ1) is 9.19. The smallest absolute Gasteiger partial charge is 0.324 e. The summed E-state index contributed by atoms with van der Waals surface area (Å²) < 4.78 is 0. The van der Waals surface area contributed by atoms with Gasteiger partial charge < -0.3 is 5.11 Å². The second-order valence-corrected chi connectivity index (χ2v) is 5.74. The van der Waals surface area contributed by atoms with Gasteiger partial charge >= 0.3 is 5.97 Å². The zero-order valence-corrected chi connectivity index (χ0v) is 11.4. The van der Waals surface area contributed by atoms with Gasteiger partial charge in [0.2, 0.25) is 0 Å². The Morgan fingerprint density at radius 3 is 3.00 bits per heavy atom. The quantitative estimate of drug-likeness (QED) is 0.907. The van der Waals surface area contributed by atoms with E-state index < -0.39 is 11.5 Å². The monoisotopic (exact) mass is 259 g/mol. The van der Waals surface area contributed by atoms with E-state index in [-0.39, 0.29) is 0 Å². The van der Waals surface area contributed by atoms with Crippen molar-refractivity contribution in [2.75, 3.05) is 6.54 Å². The lowest BCUT2D eigenvalue weighted by Gasteiger charge is -2.38. The molecular weight excluding hydrogens is 238 g/mol. The Labute approximate surface area is 114 Å². The zero-order chi connectivity index (χ0) is 13.5. The number of fused-ring (bicyclic) bond motifs is 1. The minimum Gasteiger partial charge on any atom is -0.480 e. The molecule has 1 aliphatic heterocycles. The van der Waals surface area contributed by atoms with Crippen LogP contribution in [0.15, 0.2) is 24.3 Å². The summed E-state index contributed by atoms with van der Waals surface area (Å²) in [6.07, 6.45) is 4.63. The van der Waals surface area contributed by atoms with E-state index in [1.54, 1.807) is 0 Å². The minimum absolute atomic E-state index is 0.301. The molecule has 1 N–H and O–H groups in total. The number of carboxylic acid groups (broad SMARTS) is 1. The van der Waals surface area contributed by atoms with E-state index in [2.05, 4.69) is 29.2 Å². The number of nitrogens with zero attached hydrogens (tertiary/aromatic N) is 1. The molecule has 1 aliphatic carbocycles. The molecule has 3 nitrogen and oxygen atoms in total. The fourth-order valence-electron chi connectivity index (χ4n) is 3.97. The number of carboxylic acids is 1. The Bertz CT molecular complexity index is 499. The van der Waals surface area contributed by atoms with Gasteiger partial charge in [-0.05, 0) is 49.8 Å². The maximum Gasteiger partial charge on any atom is 0.324 e. The number of aliphatic carboxylic acids is 1. The number of likely N-dealkylation sites (tertiary alicyclic amines) is 1. The molecule has 0 saturated carbocycles. The van der Waals surface area contributed by atoms with E-state index >= 15 is 0 Å². The highest BCUT2D eigenvalue weighted by atomic mass is 16.4. The maximum atomic E-state index is 11.8. The van der Waals surface area contributed by atoms with Crippen molar-refractivity contribution in [3.63, 3.8) is 0 Å². The van der Waals surface area contributed by atoms with Gasteiger partial charge in [0.25, 0.3) is 0 Å². The molecule has 1 saturated heterocycles. The van der Waals surface area contributed by atoms with Crippen molar-refractivity contribution in [3.05, 3.63) is 35.4 Å². The van der Waals surface area contributed by atoms with E-state index in [4.69, 9.17) is 0 Å². The summed E-state index contributed by atoms with van der Waals surface area (Å²) in [5, 5.41) is 9.70. The van der Waals surface area contributed by atoms with Gasteiger partial charge in [-0.25, -0.2) is 0 Å². The van der Waals surface area contributed by atoms with Crippen LogP contribution in [-0.4, -0.2) is 28.1 Å². The Balaban J connectivity index is 1.97. The first-order valence-electron chi connectivity index (χ1n) is 7.27. The van der Waals surface area contributed by atoms with Crippen LogP contribution in [-0.2, 0) is 11.2 Å². The molecule has 19 heavy (non-hydrogen) atoms. The van der Waals surface area contributed by atoms with Gasteiger partial charge in [-0.15, -0.1) is 0 Å². The van der Waals surface area contributed by atoms with E-state index in [9.17, 15) is 9.90 Å². The second-order valence-electron chi connectivity index (χ2n) is 5.74. The molecule has 1 aromatic carbocycles. The molecule has 0 spiro atoms. The molecule has 0 aromatic heterocycles. The number of aryl methyl sites for hydroxylation is 1. The molecule has 2 aliphatic rings. The number of hydrogen-bond acceptors (Lipinski definition) is 2. The van der Waals surface area contributed by atoms with Crippen LogP contribution in [0, 0.1) is 0 Å². The highest BCUT2D eigenvalue weighted by molar-refractivity contribution is 5.79. The Kier molecular flexibility index (Phi) is 3.09. The third-order valence-electron chi connectivity index (χ3n) is 5.00. The van der Waals surface area contributed by atoms with Gasteiger partial charge in [-0.1, -0.05) is 31.2 Å². The Hall–Kier alpha value is -1.35. The molecule has 102 valence electrons. The highest BCUT2D eigenvalue weighted by Gasteiger charge is 2.49. The Morgan fingerprint density at radius 2 is 2.26 bits per heavy atom. The molecule has 2 atom stereocenters. The summed E-state index contributed by atoms with van der Waals surface area (Å²) in [6, 6.07) is 8.81. The van der Waals surface area contributed by atoms with Crippen LogP contribution in [0.3, 0.4) is 0 Å². The van der Waals surface area contributed by atoms with Crippen LogP contribution < -0.4 is 0 Å². The highest BCUT2D eigenvalue weighted by Crippen LogP contribution is 2.44.